The number of nitrogens with two attached hydrogens (primary N) is 1. The molecule has 1 unspecified atom stereocenters. The fourth-order valence-corrected chi connectivity index (χ4v) is 2.53. The lowest BCUT2D eigenvalue weighted by atomic mass is 9.98. The highest BCUT2D eigenvalue weighted by Gasteiger charge is 2.14. The molecule has 2 aromatic carbocycles. The van der Waals surface area contributed by atoms with Gasteiger partial charge in [-0.2, -0.15) is 0 Å². The first-order valence-corrected chi connectivity index (χ1v) is 6.72. The molecule has 0 bridgehead atoms. The van der Waals surface area contributed by atoms with Crippen LogP contribution in [0.4, 0.5) is 8.78 Å². The van der Waals surface area contributed by atoms with Crippen LogP contribution in [0.5, 0.6) is 0 Å². The van der Waals surface area contributed by atoms with Gasteiger partial charge in [0.05, 0.1) is 0 Å². The Hall–Kier alpha value is -1.26. The van der Waals surface area contributed by atoms with Gasteiger partial charge in [0.2, 0.25) is 0 Å². The van der Waals surface area contributed by atoms with Crippen molar-refractivity contribution in [2.75, 3.05) is 0 Å². The lowest BCUT2D eigenvalue weighted by Gasteiger charge is -2.15. The molecular formula is C15H14BrF2N. The zero-order valence-corrected chi connectivity index (χ0v) is 12.0. The van der Waals surface area contributed by atoms with E-state index in [1.165, 1.54) is 6.07 Å². The molecule has 0 radical (unpaired) electrons. The lowest BCUT2D eigenvalue weighted by Crippen LogP contribution is -2.15. The summed E-state index contributed by atoms with van der Waals surface area (Å²) in [4.78, 5) is 0. The first kappa shape index (κ1) is 14.2. The van der Waals surface area contributed by atoms with Crippen LogP contribution in [0.15, 0.2) is 40.9 Å². The van der Waals surface area contributed by atoms with E-state index in [0.29, 0.717) is 5.56 Å². The molecule has 0 spiro atoms. The van der Waals surface area contributed by atoms with Gasteiger partial charge in [0.25, 0.3) is 0 Å². The molecule has 2 N–H and O–H groups in total. The number of aryl methyl sites for hydroxylation is 1. The third kappa shape index (κ3) is 3.39. The fraction of sp³-hybridized carbons (Fsp3) is 0.200. The Morgan fingerprint density at radius 1 is 1.16 bits per heavy atom. The maximum Gasteiger partial charge on any atom is 0.126 e. The van der Waals surface area contributed by atoms with Crippen molar-refractivity contribution in [2.24, 2.45) is 5.73 Å². The molecule has 0 aliphatic rings. The van der Waals surface area contributed by atoms with E-state index >= 15 is 0 Å². The van der Waals surface area contributed by atoms with Crippen LogP contribution in [0.25, 0.3) is 0 Å². The normalized spacial score (nSPS) is 12.5. The predicted molar refractivity (Wildman–Crippen MR) is 75.9 cm³/mol. The Labute approximate surface area is 119 Å². The van der Waals surface area contributed by atoms with Gasteiger partial charge in [0.1, 0.15) is 11.6 Å². The minimum absolute atomic E-state index is 0.256. The molecule has 1 nitrogen and oxygen atoms in total. The van der Waals surface area contributed by atoms with Gasteiger partial charge in [-0.1, -0.05) is 33.6 Å². The molecule has 0 saturated carbocycles. The van der Waals surface area contributed by atoms with Gasteiger partial charge in [0.15, 0.2) is 0 Å². The minimum atomic E-state index is -0.452. The topological polar surface area (TPSA) is 26.0 Å². The molecule has 19 heavy (non-hydrogen) atoms. The molecule has 2 aromatic rings. The molecule has 0 aromatic heterocycles. The largest absolute Gasteiger partial charge is 0.324 e. The van der Waals surface area contributed by atoms with Crippen LogP contribution in [0, 0.1) is 18.6 Å². The number of benzene rings is 2. The summed E-state index contributed by atoms with van der Waals surface area (Å²) in [7, 11) is 0. The minimum Gasteiger partial charge on any atom is -0.324 e. The lowest BCUT2D eigenvalue weighted by molar-refractivity contribution is 0.572. The SMILES string of the molecule is Cc1ccc(Br)c(C(N)Cc2cc(F)ccc2F)c1. The summed E-state index contributed by atoms with van der Waals surface area (Å²) >= 11 is 3.43. The Kier molecular flexibility index (Phi) is 4.32. The average Bonchev–Trinajstić information content (AvgIpc) is 2.36. The molecule has 0 heterocycles. The molecule has 1 atom stereocenters. The fourth-order valence-electron chi connectivity index (χ4n) is 1.99. The molecule has 0 fully saturated rings. The van der Waals surface area contributed by atoms with E-state index in [0.717, 1.165) is 27.7 Å². The summed E-state index contributed by atoms with van der Waals surface area (Å²) in [5, 5.41) is 0. The van der Waals surface area contributed by atoms with Crippen molar-refractivity contribution in [3.05, 3.63) is 69.2 Å². The Bertz CT molecular complexity index is 599. The second-order valence-electron chi connectivity index (χ2n) is 4.57. The van der Waals surface area contributed by atoms with Crippen molar-refractivity contribution >= 4 is 15.9 Å². The zero-order chi connectivity index (χ0) is 14.0. The van der Waals surface area contributed by atoms with Gasteiger partial charge in [-0.25, -0.2) is 8.78 Å². The van der Waals surface area contributed by atoms with Crippen molar-refractivity contribution in [3.63, 3.8) is 0 Å². The number of halogens is 3. The second-order valence-corrected chi connectivity index (χ2v) is 5.43. The molecule has 0 aliphatic heterocycles. The van der Waals surface area contributed by atoms with E-state index in [9.17, 15) is 8.78 Å². The monoisotopic (exact) mass is 325 g/mol. The standard InChI is InChI=1S/C15H14BrF2N/c1-9-2-4-13(16)12(6-9)15(19)8-10-7-11(17)3-5-14(10)18/h2-7,15H,8,19H2,1H3. The van der Waals surface area contributed by atoms with E-state index in [2.05, 4.69) is 15.9 Å². The Balaban J connectivity index is 2.27. The van der Waals surface area contributed by atoms with E-state index < -0.39 is 11.6 Å². The van der Waals surface area contributed by atoms with Gasteiger partial charge < -0.3 is 5.73 Å². The van der Waals surface area contributed by atoms with Crippen LogP contribution in [0.3, 0.4) is 0 Å². The van der Waals surface area contributed by atoms with Gasteiger partial charge in [-0.05, 0) is 48.7 Å². The van der Waals surface area contributed by atoms with E-state index in [1.54, 1.807) is 0 Å². The highest BCUT2D eigenvalue weighted by Crippen LogP contribution is 2.26. The summed E-state index contributed by atoms with van der Waals surface area (Å²) in [5.74, 6) is -0.882. The number of hydrogen-bond donors (Lipinski definition) is 1. The zero-order valence-electron chi connectivity index (χ0n) is 10.5. The second kappa shape index (κ2) is 5.80. The third-order valence-electron chi connectivity index (χ3n) is 3.00. The van der Waals surface area contributed by atoms with Crippen LogP contribution >= 0.6 is 15.9 Å². The summed E-state index contributed by atoms with van der Waals surface area (Å²) in [5.41, 5.74) is 8.36. The quantitative estimate of drug-likeness (QED) is 0.895. The van der Waals surface area contributed by atoms with Gasteiger partial charge in [-0.15, -0.1) is 0 Å². The van der Waals surface area contributed by atoms with Gasteiger partial charge in [0, 0.05) is 10.5 Å². The van der Waals surface area contributed by atoms with Crippen LogP contribution < -0.4 is 5.73 Å². The van der Waals surface area contributed by atoms with Gasteiger partial charge >= 0.3 is 0 Å². The molecular weight excluding hydrogens is 312 g/mol. The van der Waals surface area contributed by atoms with E-state index in [-0.39, 0.29) is 12.5 Å². The summed E-state index contributed by atoms with van der Waals surface area (Å²) in [6, 6.07) is 8.86. The molecule has 4 heteroatoms. The molecule has 0 aliphatic carbocycles. The van der Waals surface area contributed by atoms with Crippen molar-refractivity contribution in [3.8, 4) is 0 Å². The number of rotatable bonds is 3. The maximum atomic E-state index is 13.6. The van der Waals surface area contributed by atoms with Crippen LogP contribution in [0.1, 0.15) is 22.7 Å². The summed E-state index contributed by atoms with van der Waals surface area (Å²) in [6.45, 7) is 1.96. The molecule has 100 valence electrons. The van der Waals surface area contributed by atoms with Crippen molar-refractivity contribution in [1.29, 1.82) is 0 Å². The first-order valence-electron chi connectivity index (χ1n) is 5.93. The van der Waals surface area contributed by atoms with Crippen LogP contribution in [-0.2, 0) is 6.42 Å². The molecule has 0 amide bonds. The van der Waals surface area contributed by atoms with E-state index in [1.807, 2.05) is 25.1 Å². The van der Waals surface area contributed by atoms with Crippen LogP contribution in [-0.4, -0.2) is 0 Å². The van der Waals surface area contributed by atoms with Crippen molar-refractivity contribution in [2.45, 2.75) is 19.4 Å². The smallest absolute Gasteiger partial charge is 0.126 e. The third-order valence-corrected chi connectivity index (χ3v) is 3.72. The summed E-state index contributed by atoms with van der Waals surface area (Å²) < 4.78 is 27.6. The highest BCUT2D eigenvalue weighted by atomic mass is 79.9. The first-order chi connectivity index (χ1) is 8.97. The number of hydrogen-bond acceptors (Lipinski definition) is 1. The van der Waals surface area contributed by atoms with E-state index in [4.69, 9.17) is 5.73 Å². The average molecular weight is 326 g/mol. The van der Waals surface area contributed by atoms with Crippen LogP contribution in [0.2, 0.25) is 0 Å². The van der Waals surface area contributed by atoms with Crippen molar-refractivity contribution in [1.82, 2.24) is 0 Å². The van der Waals surface area contributed by atoms with Crippen molar-refractivity contribution < 1.29 is 8.78 Å². The van der Waals surface area contributed by atoms with Gasteiger partial charge in [-0.3, -0.25) is 0 Å². The Morgan fingerprint density at radius 2 is 1.89 bits per heavy atom. The Morgan fingerprint density at radius 3 is 2.63 bits per heavy atom. The maximum absolute atomic E-state index is 13.6. The summed E-state index contributed by atoms with van der Waals surface area (Å²) in [6.07, 6.45) is 0.256. The predicted octanol–water partition coefficient (Wildman–Crippen LogP) is 4.28. The highest BCUT2D eigenvalue weighted by molar-refractivity contribution is 9.10. The molecule has 2 rings (SSSR count). The molecule has 0 saturated heterocycles.